The number of carbonyl (C=O) groups is 1. The molecule has 1 aliphatic rings. The van der Waals surface area contributed by atoms with Gasteiger partial charge >= 0.3 is 0 Å². The van der Waals surface area contributed by atoms with Gasteiger partial charge in [-0.1, -0.05) is 12.1 Å². The number of aromatic nitrogens is 1. The predicted octanol–water partition coefficient (Wildman–Crippen LogP) is 2.14. The van der Waals surface area contributed by atoms with Crippen molar-refractivity contribution in [3.8, 4) is 5.75 Å². The molecule has 25 heavy (non-hydrogen) atoms. The molecule has 1 fully saturated rings. The molecule has 0 bridgehead atoms. The monoisotopic (exact) mass is 343 g/mol. The van der Waals surface area contributed by atoms with Crippen molar-refractivity contribution in [2.75, 3.05) is 19.7 Å². The van der Waals surface area contributed by atoms with Crippen LogP contribution in [0, 0.1) is 17.7 Å². The lowest BCUT2D eigenvalue weighted by Crippen LogP contribution is -2.45. The molecule has 1 saturated heterocycles. The third-order valence-electron chi connectivity index (χ3n) is 4.28. The maximum Gasteiger partial charge on any atom is 0.224 e. The molecular weight excluding hydrogens is 321 g/mol. The van der Waals surface area contributed by atoms with Gasteiger partial charge < -0.3 is 15.4 Å². The van der Waals surface area contributed by atoms with E-state index in [4.69, 9.17) is 4.74 Å². The number of amides is 1. The average Bonchev–Trinajstić information content (AvgIpc) is 2.65. The number of piperidine rings is 1. The number of halogens is 1. The van der Waals surface area contributed by atoms with Crippen LogP contribution in [0.1, 0.15) is 12.0 Å². The van der Waals surface area contributed by atoms with Gasteiger partial charge in [0.1, 0.15) is 11.6 Å². The highest BCUT2D eigenvalue weighted by Crippen LogP contribution is 2.19. The summed E-state index contributed by atoms with van der Waals surface area (Å²) in [6.45, 7) is 2.40. The Morgan fingerprint density at radius 3 is 3.04 bits per heavy atom. The van der Waals surface area contributed by atoms with Gasteiger partial charge in [0.05, 0.1) is 12.5 Å². The van der Waals surface area contributed by atoms with Crippen molar-refractivity contribution >= 4 is 5.91 Å². The number of ether oxygens (including phenoxy) is 1. The second kappa shape index (κ2) is 8.58. The van der Waals surface area contributed by atoms with E-state index in [2.05, 4.69) is 15.6 Å². The van der Waals surface area contributed by atoms with Crippen molar-refractivity contribution in [1.82, 2.24) is 15.6 Å². The molecule has 1 aliphatic heterocycles. The standard InChI is InChI=1S/C19H22FN3O2/c20-17-4-1-5-18(8-17)25-13-15-7-16(12-22-10-15)19(24)23-11-14-3-2-6-21-9-14/h1-6,8-9,15-16,22H,7,10-13H2,(H,23,24)/t15-,16+/m0/s1. The third-order valence-corrected chi connectivity index (χ3v) is 4.28. The van der Waals surface area contributed by atoms with Crippen LogP contribution in [0.3, 0.4) is 0 Å². The largest absolute Gasteiger partial charge is 0.493 e. The normalized spacial score (nSPS) is 20.0. The summed E-state index contributed by atoms with van der Waals surface area (Å²) in [5, 5.41) is 6.25. The molecule has 0 unspecified atom stereocenters. The van der Waals surface area contributed by atoms with Crippen molar-refractivity contribution in [2.24, 2.45) is 11.8 Å². The van der Waals surface area contributed by atoms with Gasteiger partial charge in [-0.2, -0.15) is 0 Å². The van der Waals surface area contributed by atoms with Crippen LogP contribution in [-0.2, 0) is 11.3 Å². The second-order valence-electron chi connectivity index (χ2n) is 6.30. The van der Waals surface area contributed by atoms with Crippen molar-refractivity contribution in [1.29, 1.82) is 0 Å². The van der Waals surface area contributed by atoms with E-state index in [0.29, 0.717) is 25.4 Å². The van der Waals surface area contributed by atoms with E-state index in [1.165, 1.54) is 12.1 Å². The Hall–Kier alpha value is -2.47. The zero-order valence-electron chi connectivity index (χ0n) is 14.0. The van der Waals surface area contributed by atoms with E-state index in [9.17, 15) is 9.18 Å². The fourth-order valence-electron chi connectivity index (χ4n) is 2.96. The number of nitrogens with zero attached hydrogens (tertiary/aromatic N) is 1. The van der Waals surface area contributed by atoms with Crippen LogP contribution >= 0.6 is 0 Å². The summed E-state index contributed by atoms with van der Waals surface area (Å²) in [6, 6.07) is 9.90. The van der Waals surface area contributed by atoms with Crippen LogP contribution in [0.2, 0.25) is 0 Å². The highest BCUT2D eigenvalue weighted by Gasteiger charge is 2.27. The Labute approximate surface area is 146 Å². The molecule has 2 heterocycles. The molecule has 6 heteroatoms. The SMILES string of the molecule is O=C(NCc1cccnc1)[C@H]1CNC[C@@H](COc2cccc(F)c2)C1. The van der Waals surface area contributed by atoms with Gasteiger partial charge in [0.2, 0.25) is 5.91 Å². The summed E-state index contributed by atoms with van der Waals surface area (Å²) >= 11 is 0. The van der Waals surface area contributed by atoms with Gasteiger partial charge in [0, 0.05) is 44.0 Å². The highest BCUT2D eigenvalue weighted by molar-refractivity contribution is 5.79. The van der Waals surface area contributed by atoms with Gasteiger partial charge in [-0.05, 0) is 30.2 Å². The Kier molecular flexibility index (Phi) is 5.95. The Morgan fingerprint density at radius 1 is 1.32 bits per heavy atom. The molecule has 0 aliphatic carbocycles. The Balaban J connectivity index is 1.46. The zero-order valence-corrected chi connectivity index (χ0v) is 14.0. The minimum Gasteiger partial charge on any atom is -0.493 e. The van der Waals surface area contributed by atoms with Crippen molar-refractivity contribution in [3.05, 3.63) is 60.2 Å². The number of hydrogen-bond acceptors (Lipinski definition) is 4. The molecule has 0 radical (unpaired) electrons. The first-order valence-corrected chi connectivity index (χ1v) is 8.46. The minimum atomic E-state index is -0.313. The number of rotatable bonds is 6. The lowest BCUT2D eigenvalue weighted by atomic mass is 9.90. The number of carbonyl (C=O) groups excluding carboxylic acids is 1. The van der Waals surface area contributed by atoms with Crippen LogP contribution in [0.5, 0.6) is 5.75 Å². The summed E-state index contributed by atoms with van der Waals surface area (Å²) in [6.07, 6.45) is 4.20. The fourth-order valence-corrected chi connectivity index (χ4v) is 2.96. The highest BCUT2D eigenvalue weighted by atomic mass is 19.1. The van der Waals surface area contributed by atoms with Crippen LogP contribution in [0.15, 0.2) is 48.8 Å². The molecule has 5 nitrogen and oxygen atoms in total. The molecule has 2 atom stereocenters. The average molecular weight is 343 g/mol. The maximum atomic E-state index is 13.2. The lowest BCUT2D eigenvalue weighted by Gasteiger charge is -2.29. The first-order valence-electron chi connectivity index (χ1n) is 8.46. The van der Waals surface area contributed by atoms with E-state index in [-0.39, 0.29) is 23.6 Å². The van der Waals surface area contributed by atoms with Gasteiger partial charge in [-0.3, -0.25) is 9.78 Å². The molecule has 1 aromatic carbocycles. The van der Waals surface area contributed by atoms with E-state index in [1.807, 2.05) is 12.1 Å². The van der Waals surface area contributed by atoms with Crippen LogP contribution in [0.25, 0.3) is 0 Å². The molecule has 1 amide bonds. The summed E-state index contributed by atoms with van der Waals surface area (Å²) in [5.41, 5.74) is 0.977. The van der Waals surface area contributed by atoms with E-state index in [0.717, 1.165) is 18.5 Å². The summed E-state index contributed by atoms with van der Waals surface area (Å²) in [5.74, 6) is 0.361. The molecule has 0 spiro atoms. The van der Waals surface area contributed by atoms with Gasteiger partial charge in [-0.15, -0.1) is 0 Å². The smallest absolute Gasteiger partial charge is 0.224 e. The number of hydrogen-bond donors (Lipinski definition) is 2. The molecule has 132 valence electrons. The van der Waals surface area contributed by atoms with Gasteiger partial charge in [-0.25, -0.2) is 4.39 Å². The van der Waals surface area contributed by atoms with E-state index in [1.54, 1.807) is 24.5 Å². The van der Waals surface area contributed by atoms with Crippen LogP contribution in [0.4, 0.5) is 4.39 Å². The molecule has 0 saturated carbocycles. The first-order chi connectivity index (χ1) is 12.2. The Bertz CT molecular complexity index is 696. The lowest BCUT2D eigenvalue weighted by molar-refractivity contribution is -0.126. The van der Waals surface area contributed by atoms with Crippen molar-refractivity contribution in [3.63, 3.8) is 0 Å². The van der Waals surface area contributed by atoms with E-state index < -0.39 is 0 Å². The molecule has 2 N–H and O–H groups in total. The quantitative estimate of drug-likeness (QED) is 0.844. The predicted molar refractivity (Wildman–Crippen MR) is 92.4 cm³/mol. The van der Waals surface area contributed by atoms with Gasteiger partial charge in [0.15, 0.2) is 0 Å². The summed E-state index contributed by atoms with van der Waals surface area (Å²) < 4.78 is 18.8. The minimum absolute atomic E-state index is 0.0341. The molecule has 1 aromatic heterocycles. The van der Waals surface area contributed by atoms with Gasteiger partial charge in [0.25, 0.3) is 0 Å². The fraction of sp³-hybridized carbons (Fsp3) is 0.368. The first kappa shape index (κ1) is 17.4. The second-order valence-corrected chi connectivity index (χ2v) is 6.30. The third kappa shape index (κ3) is 5.26. The summed E-state index contributed by atoms with van der Waals surface area (Å²) in [4.78, 5) is 16.4. The number of pyridine rings is 1. The van der Waals surface area contributed by atoms with Crippen LogP contribution < -0.4 is 15.4 Å². The van der Waals surface area contributed by atoms with Crippen LogP contribution in [-0.4, -0.2) is 30.6 Å². The molecule has 2 aromatic rings. The molecule has 3 rings (SSSR count). The Morgan fingerprint density at radius 2 is 2.24 bits per heavy atom. The zero-order chi connectivity index (χ0) is 17.5. The number of nitrogens with one attached hydrogen (secondary N) is 2. The maximum absolute atomic E-state index is 13.2. The van der Waals surface area contributed by atoms with E-state index >= 15 is 0 Å². The summed E-state index contributed by atoms with van der Waals surface area (Å²) in [7, 11) is 0. The van der Waals surface area contributed by atoms with Crippen molar-refractivity contribution in [2.45, 2.75) is 13.0 Å². The topological polar surface area (TPSA) is 63.2 Å². The van der Waals surface area contributed by atoms with Crippen molar-refractivity contribution < 1.29 is 13.9 Å². The number of benzene rings is 1. The molecular formula is C19H22FN3O2.